The first kappa shape index (κ1) is 14.9. The lowest BCUT2D eigenvalue weighted by Crippen LogP contribution is -2.33. The average Bonchev–Trinajstić information content (AvgIpc) is 2.35. The highest BCUT2D eigenvalue weighted by Gasteiger charge is 2.25. The Balaban J connectivity index is 2.99. The van der Waals surface area contributed by atoms with E-state index in [9.17, 15) is 14.9 Å². The van der Waals surface area contributed by atoms with Crippen LogP contribution in [0.3, 0.4) is 0 Å². The Bertz CT molecular complexity index is 564. The topological polar surface area (TPSA) is 96.0 Å². The summed E-state index contributed by atoms with van der Waals surface area (Å²) in [5.74, 6) is -0.627. The number of hydrogen-bond donors (Lipinski definition) is 1. The number of nitriles is 1. The molecule has 7 heteroatoms. The van der Waals surface area contributed by atoms with E-state index in [0.29, 0.717) is 0 Å². The highest BCUT2D eigenvalue weighted by molar-refractivity contribution is 6.33. The SMILES string of the molecule is CC(C)(C#N)CNC(=O)c1cccc(Cl)c1[N+](=O)[O-]. The number of hydrogen-bond acceptors (Lipinski definition) is 4. The summed E-state index contributed by atoms with van der Waals surface area (Å²) >= 11 is 5.71. The van der Waals surface area contributed by atoms with Crippen LogP contribution < -0.4 is 5.32 Å². The number of nitro benzene ring substituents is 1. The van der Waals surface area contributed by atoms with Gasteiger partial charge in [-0.3, -0.25) is 14.9 Å². The van der Waals surface area contributed by atoms with Crippen LogP contribution >= 0.6 is 11.6 Å². The zero-order valence-electron chi connectivity index (χ0n) is 10.4. The van der Waals surface area contributed by atoms with Gasteiger partial charge in [0, 0.05) is 6.54 Å². The lowest BCUT2D eigenvalue weighted by molar-refractivity contribution is -0.385. The molecule has 0 fully saturated rings. The maximum atomic E-state index is 11.9. The van der Waals surface area contributed by atoms with E-state index in [2.05, 4.69) is 5.32 Å². The van der Waals surface area contributed by atoms with Crippen molar-refractivity contribution in [3.05, 3.63) is 38.9 Å². The number of nitrogens with one attached hydrogen (secondary N) is 1. The fraction of sp³-hybridized carbons (Fsp3) is 0.333. The third kappa shape index (κ3) is 3.66. The molecule has 6 nitrogen and oxygen atoms in total. The summed E-state index contributed by atoms with van der Waals surface area (Å²) in [6.07, 6.45) is 0. The number of amides is 1. The molecule has 0 radical (unpaired) electrons. The molecule has 0 atom stereocenters. The van der Waals surface area contributed by atoms with Gasteiger partial charge in [0.2, 0.25) is 0 Å². The van der Waals surface area contributed by atoms with E-state index < -0.39 is 21.9 Å². The van der Waals surface area contributed by atoms with Gasteiger partial charge in [-0.15, -0.1) is 0 Å². The van der Waals surface area contributed by atoms with Crippen LogP contribution in [0.2, 0.25) is 5.02 Å². The minimum atomic E-state index is -0.747. The van der Waals surface area contributed by atoms with Crippen LogP contribution in [0, 0.1) is 26.9 Å². The van der Waals surface area contributed by atoms with E-state index in [1.807, 2.05) is 6.07 Å². The molecule has 0 spiro atoms. The van der Waals surface area contributed by atoms with Gasteiger partial charge in [0.15, 0.2) is 0 Å². The molecule has 0 bridgehead atoms. The number of rotatable bonds is 4. The maximum absolute atomic E-state index is 11.9. The van der Waals surface area contributed by atoms with Crippen molar-refractivity contribution in [2.24, 2.45) is 5.41 Å². The minimum absolute atomic E-state index is 0.0893. The van der Waals surface area contributed by atoms with Crippen LogP contribution in [0.5, 0.6) is 0 Å². The number of para-hydroxylation sites is 1. The molecule has 1 aromatic carbocycles. The summed E-state index contributed by atoms with van der Waals surface area (Å²) in [6, 6.07) is 6.14. The van der Waals surface area contributed by atoms with E-state index in [4.69, 9.17) is 16.9 Å². The fourth-order valence-corrected chi connectivity index (χ4v) is 1.56. The summed E-state index contributed by atoms with van der Waals surface area (Å²) in [5.41, 5.74) is -1.30. The Morgan fingerprint density at radius 3 is 2.74 bits per heavy atom. The third-order valence-corrected chi connectivity index (χ3v) is 2.71. The Hall–Kier alpha value is -2.13. The standard InChI is InChI=1S/C12H12ClN3O3/c1-12(2,6-14)7-15-11(17)8-4-3-5-9(13)10(8)16(18)19/h3-5H,7H2,1-2H3,(H,15,17). The van der Waals surface area contributed by atoms with Crippen LogP contribution in [0.1, 0.15) is 24.2 Å². The molecule has 1 N–H and O–H groups in total. The first-order chi connectivity index (χ1) is 8.78. The predicted molar refractivity (Wildman–Crippen MR) is 69.8 cm³/mol. The molecule has 0 aromatic heterocycles. The molecule has 1 aromatic rings. The molecular formula is C12H12ClN3O3. The molecule has 0 aliphatic heterocycles. The van der Waals surface area contributed by atoms with Crippen molar-refractivity contribution in [3.8, 4) is 6.07 Å². The predicted octanol–water partition coefficient (Wildman–Crippen LogP) is 2.53. The lowest BCUT2D eigenvalue weighted by atomic mass is 9.96. The van der Waals surface area contributed by atoms with Crippen LogP contribution in [0.4, 0.5) is 5.69 Å². The molecule has 0 saturated heterocycles. The van der Waals surface area contributed by atoms with Gasteiger partial charge in [-0.05, 0) is 26.0 Å². The summed E-state index contributed by atoms with van der Waals surface area (Å²) in [4.78, 5) is 22.1. The van der Waals surface area contributed by atoms with Gasteiger partial charge in [-0.1, -0.05) is 17.7 Å². The summed E-state index contributed by atoms with van der Waals surface area (Å²) in [7, 11) is 0. The lowest BCUT2D eigenvalue weighted by Gasteiger charge is -2.15. The molecule has 1 rings (SSSR count). The molecule has 0 heterocycles. The minimum Gasteiger partial charge on any atom is -0.350 e. The fourth-order valence-electron chi connectivity index (χ4n) is 1.32. The number of nitro groups is 1. The first-order valence-electron chi connectivity index (χ1n) is 5.41. The zero-order valence-corrected chi connectivity index (χ0v) is 11.2. The van der Waals surface area contributed by atoms with Crippen molar-refractivity contribution >= 4 is 23.2 Å². The van der Waals surface area contributed by atoms with Gasteiger partial charge in [0.05, 0.1) is 16.4 Å². The number of benzene rings is 1. The van der Waals surface area contributed by atoms with Crippen molar-refractivity contribution in [1.29, 1.82) is 5.26 Å². The second-order valence-electron chi connectivity index (χ2n) is 4.57. The third-order valence-electron chi connectivity index (χ3n) is 2.41. The first-order valence-corrected chi connectivity index (χ1v) is 5.78. The van der Waals surface area contributed by atoms with Crippen molar-refractivity contribution < 1.29 is 9.72 Å². The highest BCUT2D eigenvalue weighted by Crippen LogP contribution is 2.28. The summed E-state index contributed by atoms with van der Waals surface area (Å²) in [6.45, 7) is 3.39. The molecule has 19 heavy (non-hydrogen) atoms. The Morgan fingerprint density at radius 2 is 2.21 bits per heavy atom. The Morgan fingerprint density at radius 1 is 1.58 bits per heavy atom. The maximum Gasteiger partial charge on any atom is 0.300 e. The van der Waals surface area contributed by atoms with Crippen LogP contribution in [-0.4, -0.2) is 17.4 Å². The van der Waals surface area contributed by atoms with Crippen molar-refractivity contribution in [3.63, 3.8) is 0 Å². The number of nitrogens with zero attached hydrogens (tertiary/aromatic N) is 2. The van der Waals surface area contributed by atoms with Crippen LogP contribution in [0.25, 0.3) is 0 Å². The second kappa shape index (κ2) is 5.67. The van der Waals surface area contributed by atoms with Crippen molar-refractivity contribution in [2.75, 3.05) is 6.54 Å². The van der Waals surface area contributed by atoms with Gasteiger partial charge in [0.1, 0.15) is 10.6 Å². The average molecular weight is 282 g/mol. The van der Waals surface area contributed by atoms with E-state index in [0.717, 1.165) is 0 Å². The smallest absolute Gasteiger partial charge is 0.300 e. The molecule has 1 amide bonds. The number of carbonyl (C=O) groups excluding carboxylic acids is 1. The second-order valence-corrected chi connectivity index (χ2v) is 4.98. The quantitative estimate of drug-likeness (QED) is 0.677. The van der Waals surface area contributed by atoms with Crippen LogP contribution in [0.15, 0.2) is 18.2 Å². The molecule has 0 saturated carbocycles. The number of halogens is 1. The van der Waals surface area contributed by atoms with Gasteiger partial charge in [-0.2, -0.15) is 5.26 Å². The van der Waals surface area contributed by atoms with Gasteiger partial charge < -0.3 is 5.32 Å². The molecule has 100 valence electrons. The summed E-state index contributed by atoms with van der Waals surface area (Å²) in [5, 5.41) is 22.1. The van der Waals surface area contributed by atoms with Crippen LogP contribution in [-0.2, 0) is 0 Å². The van der Waals surface area contributed by atoms with Crippen molar-refractivity contribution in [1.82, 2.24) is 5.32 Å². The monoisotopic (exact) mass is 281 g/mol. The largest absolute Gasteiger partial charge is 0.350 e. The molecular weight excluding hydrogens is 270 g/mol. The normalized spacial score (nSPS) is 10.6. The van der Waals surface area contributed by atoms with Gasteiger partial charge in [0.25, 0.3) is 5.91 Å². The Labute approximate surface area is 115 Å². The highest BCUT2D eigenvalue weighted by atomic mass is 35.5. The zero-order chi connectivity index (χ0) is 14.6. The van der Waals surface area contributed by atoms with E-state index in [-0.39, 0.29) is 17.1 Å². The van der Waals surface area contributed by atoms with Gasteiger partial charge >= 0.3 is 5.69 Å². The van der Waals surface area contributed by atoms with E-state index in [1.165, 1.54) is 18.2 Å². The summed E-state index contributed by atoms with van der Waals surface area (Å²) < 4.78 is 0. The number of carbonyl (C=O) groups is 1. The molecule has 0 unspecified atom stereocenters. The van der Waals surface area contributed by atoms with E-state index in [1.54, 1.807) is 13.8 Å². The Kier molecular flexibility index (Phi) is 4.46. The van der Waals surface area contributed by atoms with Crippen molar-refractivity contribution in [2.45, 2.75) is 13.8 Å². The molecule has 0 aliphatic carbocycles. The van der Waals surface area contributed by atoms with Gasteiger partial charge in [-0.25, -0.2) is 0 Å². The van der Waals surface area contributed by atoms with E-state index >= 15 is 0 Å². The molecule has 0 aliphatic rings.